The van der Waals surface area contributed by atoms with Crippen molar-refractivity contribution in [1.82, 2.24) is 9.80 Å². The van der Waals surface area contributed by atoms with Crippen LogP contribution in [-0.4, -0.2) is 146 Å². The Morgan fingerprint density at radius 1 is 0.561 bits per heavy atom. The number of hydrogen-bond acceptors (Lipinski definition) is 16. The molecule has 2 amide bonds. The number of rotatable bonds is 17. The molecule has 8 heterocycles. The van der Waals surface area contributed by atoms with E-state index in [0.717, 1.165) is 89.1 Å². The Morgan fingerprint density at radius 2 is 1.01 bits per heavy atom. The maximum atomic E-state index is 15.3. The summed E-state index contributed by atoms with van der Waals surface area (Å²) in [4.78, 5) is 90.8. The van der Waals surface area contributed by atoms with E-state index < -0.39 is 68.7 Å². The third-order valence-corrected chi connectivity index (χ3v) is 25.1. The number of hydrogen-bond donors (Lipinski definition) is 2. The summed E-state index contributed by atoms with van der Waals surface area (Å²) in [5.74, 6) is -2.72. The summed E-state index contributed by atoms with van der Waals surface area (Å²) in [5, 5.41) is 32.2. The molecule has 8 aliphatic heterocycles. The molecule has 8 bridgehead atoms. The molecule has 2 N–H and O–H groups in total. The normalized spacial score (nSPS) is 31.4. The van der Waals surface area contributed by atoms with Gasteiger partial charge in [-0.1, -0.05) is 64.8 Å². The van der Waals surface area contributed by atoms with Crippen molar-refractivity contribution in [3.05, 3.63) is 127 Å². The second-order valence-corrected chi connectivity index (χ2v) is 34.3. The largest absolute Gasteiger partial charge is 1.00 e. The van der Waals surface area contributed by atoms with Crippen LogP contribution in [0.3, 0.4) is 0 Å². The topological polar surface area (TPSA) is 237 Å². The fourth-order valence-electron chi connectivity index (χ4n) is 19.9. The number of Topliss-reactive ketones (excluding diaryl/α,β-unsaturated/α-hetero) is 4. The Morgan fingerprint density at radius 3 is 1.49 bits per heavy atom. The number of aromatic hydroxyl groups is 2. The first kappa shape index (κ1) is 81.4. The number of carbonyl (C=O) groups excluding carboxylic acids is 6. The minimum atomic E-state index is -1.57. The molecular weight excluding hydrogens is 1360 g/mol. The van der Waals surface area contributed by atoms with Crippen molar-refractivity contribution in [2.24, 2.45) is 29.6 Å². The number of amides is 2. The van der Waals surface area contributed by atoms with Gasteiger partial charge in [0.1, 0.15) is 56.8 Å². The van der Waals surface area contributed by atoms with Gasteiger partial charge in [0.2, 0.25) is 11.8 Å². The molecule has 2 aromatic carbocycles. The molecule has 4 saturated carbocycles. The Labute approximate surface area is 655 Å². The fraction of sp³-hybridized carbons (Fsp3) is 0.591. The van der Waals surface area contributed by atoms with Crippen molar-refractivity contribution in [2.75, 3.05) is 40.4 Å². The van der Waals surface area contributed by atoms with Gasteiger partial charge in [0.25, 0.3) is 0 Å². The zero-order valence-electron chi connectivity index (χ0n) is 67.0. The van der Waals surface area contributed by atoms with E-state index in [1.54, 1.807) is 19.9 Å². The van der Waals surface area contributed by atoms with Crippen LogP contribution in [-0.2, 0) is 46.2 Å². The predicted octanol–water partition coefficient (Wildman–Crippen LogP) is 12.0. The van der Waals surface area contributed by atoms with E-state index in [4.69, 9.17) is 38.3 Å². The maximum Gasteiger partial charge on any atom is 1.00 e. The summed E-state index contributed by atoms with van der Waals surface area (Å²) >= 11 is 0. The van der Waals surface area contributed by atoms with Gasteiger partial charge in [-0.3, -0.25) is 28.8 Å². The van der Waals surface area contributed by atoms with E-state index in [-0.39, 0.29) is 123 Å². The van der Waals surface area contributed by atoms with Crippen LogP contribution in [0.4, 0.5) is 0 Å². The third kappa shape index (κ3) is 13.4. The number of nitrogens with zero attached hydrogens (tertiary/aromatic N) is 2. The van der Waals surface area contributed by atoms with Crippen LogP contribution in [0.1, 0.15) is 244 Å². The average molecular weight is 1480 g/mol. The van der Waals surface area contributed by atoms with Gasteiger partial charge >= 0.3 is 29.6 Å². The number of phenols is 2. The van der Waals surface area contributed by atoms with Gasteiger partial charge in [-0.25, -0.2) is 0 Å². The molecule has 8 fully saturated rings. The van der Waals surface area contributed by atoms with Gasteiger partial charge in [-0.05, 0) is 225 Å². The van der Waals surface area contributed by atoms with Crippen LogP contribution >= 0.6 is 0 Å². The van der Waals surface area contributed by atoms with Crippen molar-refractivity contribution in [1.29, 1.82) is 0 Å². The summed E-state index contributed by atoms with van der Waals surface area (Å²) in [5.41, 5.74) is -0.520. The molecule has 2 aromatic rings. The summed E-state index contributed by atoms with van der Waals surface area (Å²) in [7, 11) is 2.29. The van der Waals surface area contributed by atoms with Crippen molar-refractivity contribution in [3.8, 4) is 34.5 Å². The number of ether oxygens (including phenoxy) is 7. The van der Waals surface area contributed by atoms with E-state index in [9.17, 15) is 34.2 Å². The van der Waals surface area contributed by atoms with Crippen molar-refractivity contribution in [3.63, 3.8) is 0 Å². The molecule has 19 heteroatoms. The van der Waals surface area contributed by atoms with E-state index in [1.165, 1.54) is 18.3 Å². The van der Waals surface area contributed by atoms with Gasteiger partial charge in [0.15, 0.2) is 45.5 Å². The molecule has 6 aliphatic carbocycles. The number of piperidine rings is 2. The zero-order chi connectivity index (χ0) is 76.9. The van der Waals surface area contributed by atoms with Crippen LogP contribution in [0.25, 0.3) is 12.2 Å². The van der Waals surface area contributed by atoms with Crippen molar-refractivity contribution in [2.45, 2.75) is 264 Å². The molecule has 572 valence electrons. The molecule has 16 rings (SSSR count). The van der Waals surface area contributed by atoms with Crippen LogP contribution < -0.4 is 53.6 Å². The van der Waals surface area contributed by atoms with Gasteiger partial charge < -0.3 is 58.3 Å². The number of allylic oxidation sites excluding steroid dienone is 9. The number of benzene rings is 2. The van der Waals surface area contributed by atoms with Gasteiger partial charge in [0.05, 0.1) is 34.4 Å². The van der Waals surface area contributed by atoms with Gasteiger partial charge in [0, 0.05) is 97.6 Å². The SMILES string of the molecule is CC(C)=CCCC1(C)C=Cc2c(O)c3c(c(CC=C(C)C)c2O1)OC12C(=CC4CC1C(C)(C)OC2(C/C=C(/C)C(=O)N1CCCCC1)C4=O)C3=O.COC1C2CC3C(C)(C)OC(C/C=C(/C)C(=O)N4CCCCC4)(C2=O)C32Oc3c(CC=C(C)C)c4c(c(O)c3C(=O)C12)C=CC(C)(CCC=C(C)C)O4.C[O-].[Na+]. The smallest absolute Gasteiger partial charge is 0.857 e. The van der Waals surface area contributed by atoms with Crippen molar-refractivity contribution >= 4 is 47.1 Å². The second-order valence-electron chi connectivity index (χ2n) is 34.3. The Kier molecular flexibility index (Phi) is 23.0. The summed E-state index contributed by atoms with van der Waals surface area (Å²) < 4.78 is 48.4. The van der Waals surface area contributed by atoms with Crippen LogP contribution in [0.5, 0.6) is 34.5 Å². The number of carbonyl (C=O) groups is 6. The molecule has 14 aliphatic rings. The van der Waals surface area contributed by atoms with E-state index in [2.05, 4.69) is 52.0 Å². The first-order valence-corrected chi connectivity index (χ1v) is 38.7. The second kappa shape index (κ2) is 30.2. The molecule has 18 nitrogen and oxygen atoms in total. The quantitative estimate of drug-likeness (QED) is 0.0850. The summed E-state index contributed by atoms with van der Waals surface area (Å²) in [6, 6.07) is 0. The third-order valence-electron chi connectivity index (χ3n) is 25.1. The molecule has 0 radical (unpaired) electrons. The average Bonchev–Trinajstić information content (AvgIpc) is 1.53. The zero-order valence-corrected chi connectivity index (χ0v) is 69.0. The molecule has 12 atom stereocenters. The fourth-order valence-corrected chi connectivity index (χ4v) is 19.9. The standard InChI is InChI=1S/C44H57NO8.C43H53NO7.CH3O.Na/c1-25(2)14-13-19-42(8)20-18-28-34(46)32-35(47)33-38(50-9)30-24-31-41(6,7)53-43(39(30)48,21-17-27(5)40(49)45-22-11-10-12-23-45)44(31,33)52-37(32)29(36(28)51-42)16-15-26(3)4;1-25(2)13-12-18-41(8)19-17-29-34(45)33-35(46)31-23-28-24-32-40(6,7)51-42(38(28)47,20-16-27(5)39(48)44-21-10-9-11-22-44)43(31,32)50-37(33)30(36(29)49-41)15-14-26(3)4;1-2;/h14-15,17-18,20,30-31,33,38,46H,10-13,16,19,21-24H2,1-9H3;13-14,16-17,19,23,28,32,45H,9-12,15,18,20-22,24H2,1-8H3;1H3;/q;;-1;+1/b27-17-;27-16-;;. The minimum absolute atomic E-state index is 0. The van der Waals surface area contributed by atoms with Gasteiger partial charge in [-0.15, -0.1) is 0 Å². The maximum absolute atomic E-state index is 15.3. The van der Waals surface area contributed by atoms with Crippen LogP contribution in [0, 0.1) is 29.6 Å². The number of fused-ring (bicyclic) bond motifs is 4. The molecule has 2 spiro atoms. The minimum Gasteiger partial charge on any atom is -0.857 e. The van der Waals surface area contributed by atoms with Crippen LogP contribution in [0.2, 0.25) is 0 Å². The number of ketones is 4. The number of methoxy groups -OCH3 is 1. The van der Waals surface area contributed by atoms with Gasteiger partial charge in [-0.2, -0.15) is 7.11 Å². The van der Waals surface area contributed by atoms with Crippen molar-refractivity contribution < 1.29 is 107 Å². The first-order chi connectivity index (χ1) is 50.1. The van der Waals surface area contributed by atoms with E-state index >= 15 is 4.79 Å². The molecular formula is C88H113N2NaO16. The Hall–Kier alpha value is -6.64. The van der Waals surface area contributed by atoms with E-state index in [1.807, 2.05) is 115 Å². The molecule has 0 aromatic heterocycles. The van der Waals surface area contributed by atoms with E-state index in [0.29, 0.717) is 95.7 Å². The summed E-state index contributed by atoms with van der Waals surface area (Å²) in [6.07, 6.45) is 31.9. The first-order valence-electron chi connectivity index (χ1n) is 38.7. The predicted molar refractivity (Wildman–Crippen MR) is 406 cm³/mol. The number of phenolic OH excluding ortho intramolecular Hbond substituents is 2. The van der Waals surface area contributed by atoms with Crippen LogP contribution in [0.15, 0.2) is 93.7 Å². The number of likely N-dealkylation sites (tertiary alicyclic amines) is 2. The molecule has 4 saturated heterocycles. The summed E-state index contributed by atoms with van der Waals surface area (Å²) in [6.45, 7) is 34.8. The monoisotopic (exact) mass is 1480 g/mol. The Bertz CT molecular complexity index is 4260. The Balaban J connectivity index is 0.000000207. The molecule has 12 unspecified atom stereocenters. The molecule has 107 heavy (non-hydrogen) atoms.